The molecule has 0 saturated heterocycles. The molecule has 0 bridgehead atoms. The quantitative estimate of drug-likeness (QED) is 0.631. The Labute approximate surface area is 127 Å². The molecule has 0 atom stereocenters. The minimum absolute atomic E-state index is 0.0479. The van der Waals surface area contributed by atoms with Crippen LogP contribution in [0.2, 0.25) is 0 Å². The number of amides is 2. The van der Waals surface area contributed by atoms with E-state index in [0.717, 1.165) is 4.90 Å². The SMILES string of the molecule is CC(=O)/C=C\C(=O)CNc1ccc(N2C(=O)C=CC2=O)cc1. The summed E-state index contributed by atoms with van der Waals surface area (Å²) < 4.78 is 0. The van der Waals surface area contributed by atoms with Crippen molar-refractivity contribution in [2.75, 3.05) is 16.8 Å². The third kappa shape index (κ3) is 3.76. The molecule has 1 aliphatic rings. The molecule has 1 heterocycles. The van der Waals surface area contributed by atoms with Gasteiger partial charge in [0.1, 0.15) is 0 Å². The van der Waals surface area contributed by atoms with E-state index in [4.69, 9.17) is 0 Å². The van der Waals surface area contributed by atoms with E-state index in [-0.39, 0.29) is 29.9 Å². The number of hydrogen-bond donors (Lipinski definition) is 1. The number of anilines is 2. The lowest BCUT2D eigenvalue weighted by Gasteiger charge is -2.14. The Bertz CT molecular complexity index is 669. The lowest BCUT2D eigenvalue weighted by atomic mass is 10.2. The third-order valence-corrected chi connectivity index (χ3v) is 2.91. The maximum atomic E-state index is 11.5. The van der Waals surface area contributed by atoms with Gasteiger partial charge in [0, 0.05) is 17.8 Å². The van der Waals surface area contributed by atoms with E-state index < -0.39 is 0 Å². The number of rotatable bonds is 6. The molecule has 112 valence electrons. The fourth-order valence-corrected chi connectivity index (χ4v) is 1.84. The molecule has 1 aromatic rings. The highest BCUT2D eigenvalue weighted by Gasteiger charge is 2.24. The zero-order valence-electron chi connectivity index (χ0n) is 11.9. The molecule has 0 unspecified atom stereocenters. The molecule has 6 nitrogen and oxygen atoms in total. The standard InChI is InChI=1S/C16H14N2O4/c1-11(19)2-7-14(20)10-17-12-3-5-13(6-4-12)18-15(21)8-9-16(18)22/h2-9,17H,10H2,1H3/b7-2-. The molecule has 1 N–H and O–H groups in total. The first-order valence-corrected chi connectivity index (χ1v) is 6.59. The summed E-state index contributed by atoms with van der Waals surface area (Å²) in [6, 6.07) is 6.55. The van der Waals surface area contributed by atoms with Crippen molar-refractivity contribution in [2.24, 2.45) is 0 Å². The molecule has 0 fully saturated rings. The minimum atomic E-state index is -0.379. The fraction of sp³-hybridized carbons (Fsp3) is 0.125. The molecule has 0 spiro atoms. The van der Waals surface area contributed by atoms with Crippen molar-refractivity contribution in [1.29, 1.82) is 0 Å². The molecule has 0 aromatic heterocycles. The first-order chi connectivity index (χ1) is 10.5. The number of carbonyl (C=O) groups excluding carboxylic acids is 4. The zero-order valence-corrected chi connectivity index (χ0v) is 11.9. The number of nitrogens with one attached hydrogen (secondary N) is 1. The van der Waals surface area contributed by atoms with Gasteiger partial charge in [-0.1, -0.05) is 0 Å². The van der Waals surface area contributed by atoms with Crippen LogP contribution in [0, 0.1) is 0 Å². The number of nitrogens with zero attached hydrogens (tertiary/aromatic N) is 1. The van der Waals surface area contributed by atoms with E-state index in [2.05, 4.69) is 5.32 Å². The van der Waals surface area contributed by atoms with E-state index in [0.29, 0.717) is 11.4 Å². The van der Waals surface area contributed by atoms with Crippen molar-refractivity contribution in [2.45, 2.75) is 6.92 Å². The van der Waals surface area contributed by atoms with E-state index in [1.54, 1.807) is 24.3 Å². The van der Waals surface area contributed by atoms with Gasteiger partial charge >= 0.3 is 0 Å². The fourth-order valence-electron chi connectivity index (χ4n) is 1.84. The van der Waals surface area contributed by atoms with Crippen LogP contribution in [0.5, 0.6) is 0 Å². The first-order valence-electron chi connectivity index (χ1n) is 6.59. The van der Waals surface area contributed by atoms with Gasteiger partial charge in [-0.25, -0.2) is 4.90 Å². The highest BCUT2D eigenvalue weighted by molar-refractivity contribution is 6.28. The summed E-state index contributed by atoms with van der Waals surface area (Å²) in [5.41, 5.74) is 1.13. The number of imide groups is 1. The van der Waals surface area contributed by atoms with Crippen molar-refractivity contribution in [3.63, 3.8) is 0 Å². The molecule has 1 aromatic carbocycles. The normalized spacial score (nSPS) is 14.0. The highest BCUT2D eigenvalue weighted by Crippen LogP contribution is 2.21. The van der Waals surface area contributed by atoms with Crippen molar-refractivity contribution < 1.29 is 19.2 Å². The summed E-state index contributed by atoms with van der Waals surface area (Å²) >= 11 is 0. The van der Waals surface area contributed by atoms with Crippen molar-refractivity contribution in [3.8, 4) is 0 Å². The number of carbonyl (C=O) groups is 4. The van der Waals surface area contributed by atoms with Crippen LogP contribution < -0.4 is 10.2 Å². The topological polar surface area (TPSA) is 83.6 Å². The van der Waals surface area contributed by atoms with Gasteiger partial charge in [0.05, 0.1) is 12.2 Å². The molecule has 0 aliphatic carbocycles. The van der Waals surface area contributed by atoms with Gasteiger partial charge in [-0.3, -0.25) is 19.2 Å². The smallest absolute Gasteiger partial charge is 0.258 e. The monoisotopic (exact) mass is 298 g/mol. The van der Waals surface area contributed by atoms with Gasteiger partial charge < -0.3 is 5.32 Å². The largest absolute Gasteiger partial charge is 0.378 e. The Morgan fingerprint density at radius 1 is 1.05 bits per heavy atom. The minimum Gasteiger partial charge on any atom is -0.378 e. The van der Waals surface area contributed by atoms with Crippen LogP contribution in [0.4, 0.5) is 11.4 Å². The Morgan fingerprint density at radius 3 is 2.18 bits per heavy atom. The van der Waals surface area contributed by atoms with Crippen LogP contribution in [0.25, 0.3) is 0 Å². The summed E-state index contributed by atoms with van der Waals surface area (Å²) in [6.45, 7) is 1.41. The lowest BCUT2D eigenvalue weighted by Crippen LogP contribution is -2.29. The van der Waals surface area contributed by atoms with Crippen LogP contribution in [-0.4, -0.2) is 29.9 Å². The lowest BCUT2D eigenvalue weighted by molar-refractivity contribution is -0.120. The molecule has 1 aliphatic heterocycles. The molecule has 2 amide bonds. The van der Waals surface area contributed by atoms with E-state index in [1.165, 1.54) is 31.2 Å². The molecular weight excluding hydrogens is 284 g/mol. The Kier molecular flexibility index (Phi) is 4.63. The maximum Gasteiger partial charge on any atom is 0.258 e. The van der Waals surface area contributed by atoms with Crippen LogP contribution in [0.15, 0.2) is 48.6 Å². The first kappa shape index (κ1) is 15.4. The number of ketones is 2. The van der Waals surface area contributed by atoms with Crippen LogP contribution in [-0.2, 0) is 19.2 Å². The Balaban J connectivity index is 1.95. The summed E-state index contributed by atoms with van der Waals surface area (Å²) in [5.74, 6) is -1.18. The molecule has 0 saturated carbocycles. The second-order valence-electron chi connectivity index (χ2n) is 4.66. The summed E-state index contributed by atoms with van der Waals surface area (Å²) in [6.07, 6.45) is 4.87. The van der Waals surface area contributed by atoms with Crippen molar-refractivity contribution >= 4 is 34.8 Å². The Morgan fingerprint density at radius 2 is 1.64 bits per heavy atom. The molecule has 6 heteroatoms. The van der Waals surface area contributed by atoms with Crippen LogP contribution in [0.1, 0.15) is 6.92 Å². The van der Waals surface area contributed by atoms with Gasteiger partial charge in [-0.2, -0.15) is 0 Å². The second-order valence-corrected chi connectivity index (χ2v) is 4.66. The number of benzene rings is 1. The van der Waals surface area contributed by atoms with E-state index in [9.17, 15) is 19.2 Å². The van der Waals surface area contributed by atoms with E-state index in [1.807, 2.05) is 0 Å². The predicted octanol–water partition coefficient (Wildman–Crippen LogP) is 1.24. The van der Waals surface area contributed by atoms with Gasteiger partial charge in [0.2, 0.25) is 0 Å². The summed E-state index contributed by atoms with van der Waals surface area (Å²) in [7, 11) is 0. The third-order valence-electron chi connectivity index (χ3n) is 2.91. The predicted molar refractivity (Wildman–Crippen MR) is 81.4 cm³/mol. The highest BCUT2D eigenvalue weighted by atomic mass is 16.2. The van der Waals surface area contributed by atoms with Gasteiger partial charge in [-0.15, -0.1) is 0 Å². The molecule has 2 rings (SSSR count). The van der Waals surface area contributed by atoms with E-state index >= 15 is 0 Å². The average Bonchev–Trinajstić information content (AvgIpc) is 2.83. The zero-order chi connectivity index (χ0) is 16.1. The second kappa shape index (κ2) is 6.62. The van der Waals surface area contributed by atoms with Gasteiger partial charge in [0.15, 0.2) is 11.6 Å². The maximum absolute atomic E-state index is 11.5. The van der Waals surface area contributed by atoms with Crippen molar-refractivity contribution in [1.82, 2.24) is 0 Å². The summed E-state index contributed by atoms with van der Waals surface area (Å²) in [4.78, 5) is 46.3. The number of hydrogen-bond acceptors (Lipinski definition) is 5. The molecule has 22 heavy (non-hydrogen) atoms. The molecule has 0 radical (unpaired) electrons. The summed E-state index contributed by atoms with van der Waals surface area (Å²) in [5, 5.41) is 2.89. The van der Waals surface area contributed by atoms with Gasteiger partial charge in [0.25, 0.3) is 11.8 Å². The average molecular weight is 298 g/mol. The van der Waals surface area contributed by atoms with Gasteiger partial charge in [-0.05, 0) is 43.3 Å². The Hall–Kier alpha value is -3.02. The molecular formula is C16H14N2O4. The van der Waals surface area contributed by atoms with Crippen LogP contribution in [0.3, 0.4) is 0 Å². The van der Waals surface area contributed by atoms with Crippen molar-refractivity contribution in [3.05, 3.63) is 48.6 Å². The number of allylic oxidation sites excluding steroid dienone is 1. The van der Waals surface area contributed by atoms with Crippen LogP contribution >= 0.6 is 0 Å².